The minimum absolute atomic E-state index is 0.0890. The molecule has 1 heterocycles. The van der Waals surface area contributed by atoms with Gasteiger partial charge in [-0.3, -0.25) is 19.3 Å². The van der Waals surface area contributed by atoms with E-state index in [0.717, 1.165) is 10.5 Å². The van der Waals surface area contributed by atoms with Crippen molar-refractivity contribution >= 4 is 23.8 Å². The van der Waals surface area contributed by atoms with Crippen LogP contribution in [0.15, 0.2) is 24.3 Å². The highest BCUT2D eigenvalue weighted by atomic mass is 16.2. The quantitative estimate of drug-likeness (QED) is 0.672. The first kappa shape index (κ1) is 22.4. The second-order valence-corrected chi connectivity index (χ2v) is 7.42. The van der Waals surface area contributed by atoms with E-state index in [1.54, 1.807) is 43.3 Å². The third-order valence-corrected chi connectivity index (χ3v) is 5.46. The molecule has 1 aliphatic rings. The molecule has 1 aromatic carbocycles. The number of likely N-dealkylation sites (N-methyl/N-ethyl adjacent to an activating group) is 1. The highest BCUT2D eigenvalue weighted by Crippen LogP contribution is 2.25. The van der Waals surface area contributed by atoms with Gasteiger partial charge in [0.05, 0.1) is 0 Å². The molecule has 1 fully saturated rings. The Hall–Kier alpha value is -2.90. The molecule has 0 unspecified atom stereocenters. The third kappa shape index (κ3) is 4.58. The number of nitrogens with zero attached hydrogens (tertiary/aromatic N) is 3. The van der Waals surface area contributed by atoms with Crippen LogP contribution in [0.2, 0.25) is 0 Å². The smallest absolute Gasteiger partial charge is 0.325 e. The van der Waals surface area contributed by atoms with Gasteiger partial charge in [0.15, 0.2) is 0 Å². The molecule has 0 atom stereocenters. The van der Waals surface area contributed by atoms with Gasteiger partial charge in [-0.2, -0.15) is 0 Å². The Bertz CT molecular complexity index is 784. The van der Waals surface area contributed by atoms with Crippen molar-refractivity contribution in [3.05, 3.63) is 35.4 Å². The number of rotatable bonds is 8. The van der Waals surface area contributed by atoms with E-state index < -0.39 is 11.6 Å². The number of hydrogen-bond donors (Lipinski definition) is 1. The number of imide groups is 1. The fraction of sp³-hybridized carbons (Fsp3) is 0.524. The van der Waals surface area contributed by atoms with E-state index in [1.165, 1.54) is 4.90 Å². The Kier molecular flexibility index (Phi) is 7.00. The second kappa shape index (κ2) is 9.07. The van der Waals surface area contributed by atoms with E-state index in [1.807, 2.05) is 20.8 Å². The van der Waals surface area contributed by atoms with Gasteiger partial charge in [0.2, 0.25) is 5.91 Å². The summed E-state index contributed by atoms with van der Waals surface area (Å²) < 4.78 is 0. The summed E-state index contributed by atoms with van der Waals surface area (Å²) in [7, 11) is 3.38. The number of hydrogen-bond acceptors (Lipinski definition) is 4. The zero-order chi connectivity index (χ0) is 21.8. The van der Waals surface area contributed by atoms with Gasteiger partial charge in [-0.1, -0.05) is 26.0 Å². The van der Waals surface area contributed by atoms with Gasteiger partial charge in [-0.15, -0.1) is 0 Å². The van der Waals surface area contributed by atoms with Crippen LogP contribution < -0.4 is 5.32 Å². The van der Waals surface area contributed by atoms with Crippen LogP contribution in [0, 0.1) is 0 Å². The molecule has 1 aliphatic heterocycles. The molecule has 1 saturated heterocycles. The highest BCUT2D eigenvalue weighted by molar-refractivity contribution is 6.09. The fourth-order valence-corrected chi connectivity index (χ4v) is 3.39. The molecule has 8 heteroatoms. The Morgan fingerprint density at radius 2 is 1.62 bits per heavy atom. The molecule has 0 aliphatic carbocycles. The van der Waals surface area contributed by atoms with Crippen LogP contribution in [0.1, 0.15) is 49.5 Å². The van der Waals surface area contributed by atoms with Crippen molar-refractivity contribution in [3.63, 3.8) is 0 Å². The Morgan fingerprint density at radius 3 is 2.07 bits per heavy atom. The van der Waals surface area contributed by atoms with Crippen molar-refractivity contribution in [2.24, 2.45) is 0 Å². The number of benzene rings is 1. The van der Waals surface area contributed by atoms with E-state index in [2.05, 4.69) is 5.32 Å². The number of urea groups is 1. The summed E-state index contributed by atoms with van der Waals surface area (Å²) in [5.74, 6) is -0.732. The molecule has 0 aromatic heterocycles. The van der Waals surface area contributed by atoms with Crippen LogP contribution in [-0.4, -0.2) is 71.2 Å². The van der Waals surface area contributed by atoms with Crippen LogP contribution in [-0.2, 0) is 16.1 Å². The van der Waals surface area contributed by atoms with Gasteiger partial charge in [0.25, 0.3) is 11.8 Å². The first-order valence-corrected chi connectivity index (χ1v) is 9.91. The summed E-state index contributed by atoms with van der Waals surface area (Å²) in [6.07, 6.45) is 0.961. The molecule has 0 saturated carbocycles. The standard InChI is InChI=1S/C21H30N4O4/c1-6-21(7-2)19(28)25(20(29)22-21)14-17(26)24(8-3)13-15-9-11-16(12-10-15)18(27)23(4)5/h9-12H,6-8,13-14H2,1-5H3,(H,22,29). The molecule has 5 amide bonds. The van der Waals surface area contributed by atoms with Gasteiger partial charge in [-0.25, -0.2) is 4.79 Å². The molecule has 158 valence electrons. The Labute approximate surface area is 171 Å². The lowest BCUT2D eigenvalue weighted by Crippen LogP contribution is -2.47. The maximum atomic E-state index is 12.8. The second-order valence-electron chi connectivity index (χ2n) is 7.42. The Morgan fingerprint density at radius 1 is 1.03 bits per heavy atom. The normalized spacial score (nSPS) is 15.3. The minimum atomic E-state index is -0.913. The molecule has 0 spiro atoms. The van der Waals surface area contributed by atoms with Crippen molar-refractivity contribution in [2.75, 3.05) is 27.2 Å². The summed E-state index contributed by atoms with van der Waals surface area (Å²) in [5, 5.41) is 2.74. The minimum Gasteiger partial charge on any atom is -0.345 e. The van der Waals surface area contributed by atoms with Gasteiger partial charge in [-0.05, 0) is 37.5 Å². The Balaban J connectivity index is 2.07. The first-order chi connectivity index (χ1) is 13.7. The van der Waals surface area contributed by atoms with Gasteiger partial charge >= 0.3 is 6.03 Å². The van der Waals surface area contributed by atoms with Crippen LogP contribution in [0.25, 0.3) is 0 Å². The number of nitrogens with one attached hydrogen (secondary N) is 1. The van der Waals surface area contributed by atoms with E-state index in [-0.39, 0.29) is 24.3 Å². The average Bonchev–Trinajstić information content (AvgIpc) is 2.96. The molecule has 2 rings (SSSR count). The molecule has 0 radical (unpaired) electrons. The topological polar surface area (TPSA) is 90.0 Å². The summed E-state index contributed by atoms with van der Waals surface area (Å²) >= 11 is 0. The zero-order valence-corrected chi connectivity index (χ0v) is 17.8. The maximum absolute atomic E-state index is 12.8. The summed E-state index contributed by atoms with van der Waals surface area (Å²) in [4.78, 5) is 53.8. The first-order valence-electron chi connectivity index (χ1n) is 9.91. The summed E-state index contributed by atoms with van der Waals surface area (Å²) in [6, 6.07) is 6.54. The number of carbonyl (C=O) groups excluding carboxylic acids is 4. The van der Waals surface area contributed by atoms with Gasteiger partial charge in [0, 0.05) is 32.7 Å². The molecular formula is C21H30N4O4. The van der Waals surface area contributed by atoms with Crippen molar-refractivity contribution < 1.29 is 19.2 Å². The van der Waals surface area contributed by atoms with E-state index in [9.17, 15) is 19.2 Å². The largest absolute Gasteiger partial charge is 0.345 e. The highest BCUT2D eigenvalue weighted by Gasteiger charge is 2.49. The predicted octanol–water partition coefficient (Wildman–Crippen LogP) is 1.85. The van der Waals surface area contributed by atoms with E-state index in [0.29, 0.717) is 31.5 Å². The lowest BCUT2D eigenvalue weighted by atomic mass is 9.93. The van der Waals surface area contributed by atoms with Crippen LogP contribution in [0.5, 0.6) is 0 Å². The molecule has 1 N–H and O–H groups in total. The van der Waals surface area contributed by atoms with Crippen LogP contribution in [0.3, 0.4) is 0 Å². The molecule has 1 aromatic rings. The fourth-order valence-electron chi connectivity index (χ4n) is 3.39. The molecular weight excluding hydrogens is 372 g/mol. The summed E-state index contributed by atoms with van der Waals surface area (Å²) in [5.41, 5.74) is 0.524. The van der Waals surface area contributed by atoms with Crippen molar-refractivity contribution in [3.8, 4) is 0 Å². The summed E-state index contributed by atoms with van der Waals surface area (Å²) in [6.45, 7) is 6.02. The average molecular weight is 402 g/mol. The van der Waals surface area contributed by atoms with E-state index >= 15 is 0 Å². The van der Waals surface area contributed by atoms with E-state index in [4.69, 9.17) is 0 Å². The van der Waals surface area contributed by atoms with Crippen LogP contribution >= 0.6 is 0 Å². The molecule has 8 nitrogen and oxygen atoms in total. The maximum Gasteiger partial charge on any atom is 0.325 e. The molecule has 29 heavy (non-hydrogen) atoms. The van der Waals surface area contributed by atoms with Crippen molar-refractivity contribution in [1.82, 2.24) is 20.0 Å². The predicted molar refractivity (Wildman–Crippen MR) is 109 cm³/mol. The van der Waals surface area contributed by atoms with Crippen LogP contribution in [0.4, 0.5) is 4.79 Å². The lowest BCUT2D eigenvalue weighted by Gasteiger charge is -2.25. The third-order valence-electron chi connectivity index (χ3n) is 5.46. The van der Waals surface area contributed by atoms with Crippen molar-refractivity contribution in [1.29, 1.82) is 0 Å². The van der Waals surface area contributed by atoms with Crippen molar-refractivity contribution in [2.45, 2.75) is 45.7 Å². The lowest BCUT2D eigenvalue weighted by molar-refractivity contribution is -0.139. The zero-order valence-electron chi connectivity index (χ0n) is 17.8. The van der Waals surface area contributed by atoms with Gasteiger partial charge < -0.3 is 15.1 Å². The van der Waals surface area contributed by atoms with Gasteiger partial charge in [0.1, 0.15) is 12.1 Å². The monoisotopic (exact) mass is 402 g/mol. The molecule has 0 bridgehead atoms. The number of carbonyl (C=O) groups is 4. The number of amides is 5. The SMILES string of the molecule is CCN(Cc1ccc(C(=O)N(C)C)cc1)C(=O)CN1C(=O)NC(CC)(CC)C1=O.